The van der Waals surface area contributed by atoms with Crippen molar-refractivity contribution in [2.75, 3.05) is 6.61 Å². The van der Waals surface area contributed by atoms with Crippen LogP contribution in [0.4, 0.5) is 0 Å². The van der Waals surface area contributed by atoms with E-state index in [1.165, 1.54) is 6.92 Å². The van der Waals surface area contributed by atoms with Crippen LogP contribution in [0.1, 0.15) is 51.5 Å². The van der Waals surface area contributed by atoms with Gasteiger partial charge < -0.3 is 19.8 Å². The highest BCUT2D eigenvalue weighted by Gasteiger charge is 2.23. The molecule has 6 nitrogen and oxygen atoms in total. The van der Waals surface area contributed by atoms with Gasteiger partial charge >= 0.3 is 5.97 Å². The molecule has 0 aliphatic heterocycles. The average Bonchev–Trinajstić information content (AvgIpc) is 3.09. The second-order valence-electron chi connectivity index (χ2n) is 5.98. The molecule has 2 aromatic heterocycles. The number of phenolic OH excluding ortho intramolecular Hbond substituents is 1. The Kier molecular flexibility index (Phi) is 4.35. The summed E-state index contributed by atoms with van der Waals surface area (Å²) < 4.78 is 5.06. The van der Waals surface area contributed by atoms with Gasteiger partial charge in [-0.05, 0) is 50.1 Å². The number of phenols is 1. The third-order valence-corrected chi connectivity index (χ3v) is 4.28. The van der Waals surface area contributed by atoms with Crippen LogP contribution >= 0.6 is 0 Å². The van der Waals surface area contributed by atoms with Crippen LogP contribution in [0.2, 0.25) is 0 Å². The summed E-state index contributed by atoms with van der Waals surface area (Å²) in [7, 11) is 0. The molecule has 0 fully saturated rings. The van der Waals surface area contributed by atoms with Gasteiger partial charge in [0.05, 0.1) is 6.61 Å². The Hall–Kier alpha value is -3.02. The monoisotopic (exact) mass is 340 g/mol. The van der Waals surface area contributed by atoms with Crippen LogP contribution in [0.3, 0.4) is 0 Å². The summed E-state index contributed by atoms with van der Waals surface area (Å²) in [6.07, 6.45) is 2.27. The van der Waals surface area contributed by atoms with Crippen LogP contribution in [0, 0.1) is 6.92 Å². The third-order valence-electron chi connectivity index (χ3n) is 4.28. The molecule has 0 bridgehead atoms. The quantitative estimate of drug-likeness (QED) is 0.489. The summed E-state index contributed by atoms with van der Waals surface area (Å²) in [5.74, 6) is -0.401. The number of H-pyrrole nitrogens is 2. The molecule has 130 valence electrons. The zero-order chi connectivity index (χ0) is 18.1. The summed E-state index contributed by atoms with van der Waals surface area (Å²) in [4.78, 5) is 30.4. The van der Waals surface area contributed by atoms with E-state index in [2.05, 4.69) is 9.97 Å². The molecule has 0 radical (unpaired) electrons. The number of fused-ring (bicyclic) bond motifs is 1. The Bertz CT molecular complexity index is 965. The summed E-state index contributed by atoms with van der Waals surface area (Å²) >= 11 is 0. The van der Waals surface area contributed by atoms with Crippen molar-refractivity contribution >= 4 is 22.7 Å². The molecule has 1 aromatic carbocycles. The Labute approximate surface area is 144 Å². The van der Waals surface area contributed by atoms with Gasteiger partial charge in [0.25, 0.3) is 0 Å². The topological polar surface area (TPSA) is 95.2 Å². The lowest BCUT2D eigenvalue weighted by atomic mass is 10.0. The van der Waals surface area contributed by atoms with Crippen molar-refractivity contribution in [1.29, 1.82) is 0 Å². The van der Waals surface area contributed by atoms with E-state index in [0.717, 1.165) is 16.5 Å². The second kappa shape index (κ2) is 6.47. The Balaban J connectivity index is 2.06. The molecule has 0 unspecified atom stereocenters. The van der Waals surface area contributed by atoms with Crippen molar-refractivity contribution < 1.29 is 19.4 Å². The Morgan fingerprint density at radius 1 is 1.28 bits per heavy atom. The molecular formula is C19H20N2O4. The standard InChI is InChI=1S/C19H20N2O4/c1-4-25-19(24)18-10(2)17(11(3)22)16(21-18)7-12-9-20-15-6-5-13(23)8-14(12)15/h5-6,8-9,20-21,23H,4,7H2,1-3H3. The Morgan fingerprint density at radius 2 is 2.04 bits per heavy atom. The van der Waals surface area contributed by atoms with Crippen molar-refractivity contribution in [2.45, 2.75) is 27.2 Å². The van der Waals surface area contributed by atoms with Crippen molar-refractivity contribution in [2.24, 2.45) is 0 Å². The first-order valence-electron chi connectivity index (χ1n) is 8.10. The number of aromatic nitrogens is 2. The van der Waals surface area contributed by atoms with Crippen molar-refractivity contribution in [3.63, 3.8) is 0 Å². The zero-order valence-corrected chi connectivity index (χ0v) is 14.4. The van der Waals surface area contributed by atoms with E-state index in [1.807, 2.05) is 6.20 Å². The minimum absolute atomic E-state index is 0.109. The van der Waals surface area contributed by atoms with Crippen molar-refractivity contribution in [1.82, 2.24) is 9.97 Å². The maximum absolute atomic E-state index is 12.1. The first-order chi connectivity index (χ1) is 11.9. The first-order valence-corrected chi connectivity index (χ1v) is 8.10. The summed E-state index contributed by atoms with van der Waals surface area (Å²) in [5.41, 5.74) is 3.90. The average molecular weight is 340 g/mol. The fraction of sp³-hybridized carbons (Fsp3) is 0.263. The molecule has 0 saturated heterocycles. The van der Waals surface area contributed by atoms with Crippen LogP contribution in [-0.2, 0) is 11.2 Å². The molecule has 6 heteroatoms. The largest absolute Gasteiger partial charge is 0.508 e. The van der Waals surface area contributed by atoms with E-state index in [-0.39, 0.29) is 18.1 Å². The number of benzene rings is 1. The summed E-state index contributed by atoms with van der Waals surface area (Å²) in [6.45, 7) is 5.23. The number of carbonyl (C=O) groups excluding carboxylic acids is 2. The fourth-order valence-corrected chi connectivity index (χ4v) is 3.18. The van der Waals surface area contributed by atoms with Crippen LogP contribution in [0.5, 0.6) is 5.75 Å². The maximum Gasteiger partial charge on any atom is 0.355 e. The van der Waals surface area contributed by atoms with Crippen LogP contribution in [0.15, 0.2) is 24.4 Å². The van der Waals surface area contributed by atoms with E-state index in [4.69, 9.17) is 4.74 Å². The van der Waals surface area contributed by atoms with Crippen molar-refractivity contribution in [3.05, 3.63) is 52.5 Å². The number of ether oxygens (including phenoxy) is 1. The molecule has 0 aliphatic carbocycles. The van der Waals surface area contributed by atoms with Crippen LogP contribution in [0.25, 0.3) is 10.9 Å². The molecule has 3 rings (SSSR count). The number of hydrogen-bond acceptors (Lipinski definition) is 4. The molecular weight excluding hydrogens is 320 g/mol. The lowest BCUT2D eigenvalue weighted by molar-refractivity contribution is 0.0519. The van der Waals surface area contributed by atoms with Gasteiger partial charge in [-0.2, -0.15) is 0 Å². The predicted molar refractivity (Wildman–Crippen MR) is 94.3 cm³/mol. The Morgan fingerprint density at radius 3 is 2.72 bits per heavy atom. The van der Waals surface area contributed by atoms with Crippen LogP contribution < -0.4 is 0 Å². The van der Waals surface area contributed by atoms with Gasteiger partial charge in [-0.3, -0.25) is 4.79 Å². The van der Waals surface area contributed by atoms with Gasteiger partial charge in [-0.1, -0.05) is 0 Å². The predicted octanol–water partition coefficient (Wildman–Crippen LogP) is 3.48. The van der Waals surface area contributed by atoms with E-state index >= 15 is 0 Å². The molecule has 0 saturated carbocycles. The summed E-state index contributed by atoms with van der Waals surface area (Å²) in [6, 6.07) is 5.09. The maximum atomic E-state index is 12.1. The number of aromatic amines is 2. The van der Waals surface area contributed by atoms with Gasteiger partial charge in [0.2, 0.25) is 0 Å². The number of nitrogens with one attached hydrogen (secondary N) is 2. The van der Waals surface area contributed by atoms with Gasteiger partial charge in [0.15, 0.2) is 5.78 Å². The van der Waals surface area contributed by atoms with Gasteiger partial charge in [-0.25, -0.2) is 4.79 Å². The highest BCUT2D eigenvalue weighted by molar-refractivity contribution is 6.01. The number of esters is 1. The minimum atomic E-state index is -0.467. The lowest BCUT2D eigenvalue weighted by Crippen LogP contribution is -2.07. The third kappa shape index (κ3) is 3.03. The number of aromatic hydroxyl groups is 1. The highest BCUT2D eigenvalue weighted by atomic mass is 16.5. The zero-order valence-electron chi connectivity index (χ0n) is 14.4. The number of hydrogen-bond donors (Lipinski definition) is 3. The molecule has 0 atom stereocenters. The van der Waals surface area contributed by atoms with E-state index < -0.39 is 5.97 Å². The van der Waals surface area contributed by atoms with Gasteiger partial charge in [-0.15, -0.1) is 0 Å². The molecule has 3 aromatic rings. The number of rotatable bonds is 5. The minimum Gasteiger partial charge on any atom is -0.508 e. The number of ketones is 1. The lowest BCUT2D eigenvalue weighted by Gasteiger charge is -2.02. The molecule has 3 N–H and O–H groups in total. The summed E-state index contributed by atoms with van der Waals surface area (Å²) in [5, 5.41) is 10.6. The first kappa shape index (κ1) is 16.8. The molecule has 0 spiro atoms. The number of carbonyl (C=O) groups is 2. The molecule has 0 aliphatic rings. The molecule has 2 heterocycles. The highest BCUT2D eigenvalue weighted by Crippen LogP contribution is 2.28. The van der Waals surface area contributed by atoms with E-state index in [9.17, 15) is 14.7 Å². The van der Waals surface area contributed by atoms with E-state index in [0.29, 0.717) is 28.9 Å². The smallest absolute Gasteiger partial charge is 0.355 e. The second-order valence-corrected chi connectivity index (χ2v) is 5.98. The molecule has 25 heavy (non-hydrogen) atoms. The SMILES string of the molecule is CCOC(=O)c1[nH]c(Cc2c[nH]c3ccc(O)cc23)c(C(C)=O)c1C. The van der Waals surface area contributed by atoms with Gasteiger partial charge in [0.1, 0.15) is 11.4 Å². The van der Waals surface area contributed by atoms with Crippen LogP contribution in [-0.4, -0.2) is 33.4 Å². The van der Waals surface area contributed by atoms with Crippen molar-refractivity contribution in [3.8, 4) is 5.75 Å². The van der Waals surface area contributed by atoms with Gasteiger partial charge in [0, 0.05) is 34.8 Å². The molecule has 0 amide bonds. The normalized spacial score (nSPS) is 11.0. The van der Waals surface area contributed by atoms with E-state index in [1.54, 1.807) is 32.0 Å². The number of Topliss-reactive ketones (excluding diaryl/α,β-unsaturated/α-hetero) is 1. The fourth-order valence-electron chi connectivity index (χ4n) is 3.18.